The van der Waals surface area contributed by atoms with Crippen molar-refractivity contribution in [3.05, 3.63) is 27.2 Å². The van der Waals surface area contributed by atoms with Crippen molar-refractivity contribution < 1.29 is 29.3 Å². The Balaban J connectivity index is -0.0000000682. The second-order valence-electron chi connectivity index (χ2n) is 3.98. The molecule has 10 heteroatoms. The fraction of sp³-hybridized carbons (Fsp3) is 0.733. The van der Waals surface area contributed by atoms with Crippen LogP contribution in [0.15, 0.2) is 0 Å². The first-order valence-electron chi connectivity index (χ1n) is 8.15. The SMILES string of the molecule is C[CH-]C.[CH2-]CNCCN.[CH2-]CNCCN.[CH2-]CNCCN.[O]=[Ti]([OH])[OH]. The normalized spacial score (nSPS) is 8.24. The second kappa shape index (κ2) is 49.6. The minimum atomic E-state index is -3.58. The van der Waals surface area contributed by atoms with Crippen LogP contribution in [-0.4, -0.2) is 66.3 Å². The van der Waals surface area contributed by atoms with E-state index in [1.54, 1.807) is 0 Å². The molecule has 0 bridgehead atoms. The summed E-state index contributed by atoms with van der Waals surface area (Å²) in [6.45, 7) is 21.7. The first kappa shape index (κ1) is 36.2. The zero-order valence-electron chi connectivity index (χ0n) is 16.1. The minimum absolute atomic E-state index is 0.704. The Labute approximate surface area is 162 Å². The van der Waals surface area contributed by atoms with E-state index in [1.165, 1.54) is 0 Å². The zero-order valence-corrected chi connectivity index (χ0v) is 17.7. The number of hydrogen-bond acceptors (Lipinski definition) is 7. The number of rotatable bonds is 9. The van der Waals surface area contributed by atoms with E-state index in [0.717, 1.165) is 39.3 Å². The van der Waals surface area contributed by atoms with Crippen LogP contribution < -0.4 is 33.2 Å². The summed E-state index contributed by atoms with van der Waals surface area (Å²) in [5, 5.41) is 8.89. The molecule has 0 spiro atoms. The Morgan fingerprint density at radius 3 is 1.00 bits per heavy atom. The van der Waals surface area contributed by atoms with Crippen LogP contribution in [0.4, 0.5) is 0 Å². The van der Waals surface area contributed by atoms with Gasteiger partial charge < -0.3 is 60.3 Å². The van der Waals surface area contributed by atoms with Crippen LogP contribution in [0, 0.1) is 27.2 Å². The second-order valence-corrected chi connectivity index (χ2v) is 4.86. The van der Waals surface area contributed by atoms with Gasteiger partial charge >= 0.3 is 29.3 Å². The molecule has 0 unspecified atom stereocenters. The molecule has 0 saturated heterocycles. The number of nitrogens with two attached hydrogens (primary N) is 3. The molecular weight excluding hydrogens is 360 g/mol. The van der Waals surface area contributed by atoms with Gasteiger partial charge in [-0.15, -0.1) is 19.6 Å². The Kier molecular flexibility index (Phi) is 71.8. The molecule has 158 valence electrons. The van der Waals surface area contributed by atoms with Crippen LogP contribution in [0.2, 0.25) is 0 Å². The van der Waals surface area contributed by atoms with Crippen molar-refractivity contribution in [1.29, 1.82) is 0 Å². The number of hydrogen-bond donors (Lipinski definition) is 8. The van der Waals surface area contributed by atoms with E-state index in [0.29, 0.717) is 19.6 Å². The van der Waals surface area contributed by atoms with Crippen molar-refractivity contribution in [1.82, 2.24) is 16.0 Å². The summed E-state index contributed by atoms with van der Waals surface area (Å²) in [6.07, 6.45) is 2.00. The van der Waals surface area contributed by atoms with Gasteiger partial charge in [0.25, 0.3) is 0 Å². The van der Waals surface area contributed by atoms with Crippen LogP contribution in [0.5, 0.6) is 0 Å². The summed E-state index contributed by atoms with van der Waals surface area (Å²) in [5.74, 6) is 0. The maximum atomic E-state index is 8.81. The van der Waals surface area contributed by atoms with Crippen molar-refractivity contribution in [2.75, 3.05) is 58.9 Å². The summed E-state index contributed by atoms with van der Waals surface area (Å²) in [7, 11) is 0. The summed E-state index contributed by atoms with van der Waals surface area (Å²) < 4.78 is 23.2. The van der Waals surface area contributed by atoms with Crippen molar-refractivity contribution in [3.63, 3.8) is 0 Å². The van der Waals surface area contributed by atoms with Gasteiger partial charge in [0, 0.05) is 39.3 Å². The van der Waals surface area contributed by atoms with Crippen LogP contribution in [0.1, 0.15) is 13.8 Å². The fourth-order valence-corrected chi connectivity index (χ4v) is 0.681. The van der Waals surface area contributed by atoms with E-state index in [-0.39, 0.29) is 0 Å². The molecule has 0 aliphatic rings. The molecule has 0 rings (SSSR count). The van der Waals surface area contributed by atoms with Crippen molar-refractivity contribution in [2.24, 2.45) is 17.2 Å². The molecule has 11 N–H and O–H groups in total. The van der Waals surface area contributed by atoms with Crippen molar-refractivity contribution >= 4 is 0 Å². The van der Waals surface area contributed by atoms with Crippen molar-refractivity contribution in [2.45, 2.75) is 13.8 Å². The Hall–Kier alpha value is 0.194. The van der Waals surface area contributed by atoms with E-state index < -0.39 is 18.6 Å². The first-order valence-corrected chi connectivity index (χ1v) is 10.2. The molecular formula is C15H42N6O3Ti-4. The van der Waals surface area contributed by atoms with E-state index >= 15 is 0 Å². The standard InChI is InChI=1S/3C4H11N2.C3H7.2H2O.O.Ti/c3*1-2-6-4-3-5;1-3-2;;;;/h3*6H,1-5H2;3H,1-2H3;2*1H2;;/q4*-1;;;;+2/p-2. The Morgan fingerprint density at radius 2 is 0.960 bits per heavy atom. The van der Waals surface area contributed by atoms with E-state index in [9.17, 15) is 0 Å². The molecule has 0 aromatic carbocycles. The van der Waals surface area contributed by atoms with E-state index in [1.807, 2.05) is 20.3 Å². The molecule has 0 atom stereocenters. The molecule has 25 heavy (non-hydrogen) atoms. The first-order chi connectivity index (χ1) is 11.9. The van der Waals surface area contributed by atoms with Crippen LogP contribution in [-0.2, 0) is 21.9 Å². The number of nitrogens with one attached hydrogen (secondary N) is 3. The molecule has 0 amide bonds. The van der Waals surface area contributed by atoms with Gasteiger partial charge in [-0.3, -0.25) is 0 Å². The van der Waals surface area contributed by atoms with Crippen molar-refractivity contribution in [3.8, 4) is 0 Å². The van der Waals surface area contributed by atoms with E-state index in [4.69, 9.17) is 27.9 Å². The average molecular weight is 402 g/mol. The van der Waals surface area contributed by atoms with Gasteiger partial charge in [-0.05, 0) is 0 Å². The third-order valence-corrected chi connectivity index (χ3v) is 1.49. The molecule has 0 aromatic rings. The molecule has 0 aromatic heterocycles. The van der Waals surface area contributed by atoms with Gasteiger partial charge in [-0.2, -0.15) is 13.8 Å². The molecule has 0 heterocycles. The molecule has 9 nitrogen and oxygen atoms in total. The van der Waals surface area contributed by atoms with Gasteiger partial charge in [0.05, 0.1) is 0 Å². The monoisotopic (exact) mass is 402 g/mol. The predicted octanol–water partition coefficient (Wildman–Crippen LogP) is -1.90. The summed E-state index contributed by atoms with van der Waals surface area (Å²) in [5.41, 5.74) is 15.4. The molecule has 0 saturated carbocycles. The molecule has 0 aliphatic heterocycles. The van der Waals surface area contributed by atoms with Gasteiger partial charge in [0.15, 0.2) is 0 Å². The van der Waals surface area contributed by atoms with Crippen LogP contribution >= 0.6 is 0 Å². The summed E-state index contributed by atoms with van der Waals surface area (Å²) in [4.78, 5) is 0. The third kappa shape index (κ3) is 141. The van der Waals surface area contributed by atoms with Gasteiger partial charge in [0.1, 0.15) is 0 Å². The van der Waals surface area contributed by atoms with Crippen LogP contribution in [0.3, 0.4) is 0 Å². The fourth-order valence-electron chi connectivity index (χ4n) is 0.681. The summed E-state index contributed by atoms with van der Waals surface area (Å²) >= 11 is -3.58. The van der Waals surface area contributed by atoms with Crippen LogP contribution in [0.25, 0.3) is 0 Å². The predicted molar refractivity (Wildman–Crippen MR) is 103 cm³/mol. The molecule has 0 aliphatic carbocycles. The molecule has 0 fully saturated rings. The van der Waals surface area contributed by atoms with Gasteiger partial charge in [0.2, 0.25) is 0 Å². The van der Waals surface area contributed by atoms with E-state index in [2.05, 4.69) is 36.7 Å². The van der Waals surface area contributed by atoms with Gasteiger partial charge in [-0.25, -0.2) is 0 Å². The average Bonchev–Trinajstić information content (AvgIpc) is 2.57. The zero-order chi connectivity index (χ0) is 20.8. The third-order valence-electron chi connectivity index (χ3n) is 1.49. The Bertz CT molecular complexity index is 160. The maximum absolute atomic E-state index is 8.81. The topological polar surface area (TPSA) is 172 Å². The van der Waals surface area contributed by atoms with Gasteiger partial charge in [-0.1, -0.05) is 0 Å². The summed E-state index contributed by atoms with van der Waals surface area (Å²) in [6, 6.07) is 0. The molecule has 0 radical (unpaired) electrons. The quantitative estimate of drug-likeness (QED) is 0.125. The Morgan fingerprint density at radius 1 is 0.800 bits per heavy atom.